The van der Waals surface area contributed by atoms with Gasteiger partial charge < -0.3 is 20.3 Å². The van der Waals surface area contributed by atoms with Crippen molar-refractivity contribution in [2.24, 2.45) is 11.7 Å². The first kappa shape index (κ1) is 15.3. The van der Waals surface area contributed by atoms with E-state index >= 15 is 0 Å². The topological polar surface area (TPSA) is 41.7 Å². The fourth-order valence-corrected chi connectivity index (χ4v) is 2.57. The third-order valence-electron chi connectivity index (χ3n) is 3.88. The Morgan fingerprint density at radius 1 is 1.20 bits per heavy atom. The molecule has 112 valence electrons. The molecule has 1 saturated heterocycles. The standard InChI is InChI=1S/C16H27N3O/c1-14(12-19-9-7-18(2)8-10-19)13-20-16-6-4-3-5-15(16)11-17/h3-6,14H,7-13,17H2,1-2H3. The van der Waals surface area contributed by atoms with Crippen molar-refractivity contribution in [3.05, 3.63) is 29.8 Å². The zero-order valence-electron chi connectivity index (χ0n) is 12.7. The van der Waals surface area contributed by atoms with E-state index in [-0.39, 0.29) is 0 Å². The highest BCUT2D eigenvalue weighted by atomic mass is 16.5. The quantitative estimate of drug-likeness (QED) is 0.853. The number of ether oxygens (including phenoxy) is 1. The van der Waals surface area contributed by atoms with Gasteiger partial charge in [-0.25, -0.2) is 0 Å². The van der Waals surface area contributed by atoms with Gasteiger partial charge >= 0.3 is 0 Å². The monoisotopic (exact) mass is 277 g/mol. The van der Waals surface area contributed by atoms with E-state index in [1.807, 2.05) is 24.3 Å². The Morgan fingerprint density at radius 3 is 2.60 bits per heavy atom. The van der Waals surface area contributed by atoms with Crippen LogP contribution >= 0.6 is 0 Å². The van der Waals surface area contributed by atoms with E-state index in [1.165, 1.54) is 26.2 Å². The second-order valence-corrected chi connectivity index (χ2v) is 5.83. The average Bonchev–Trinajstić information content (AvgIpc) is 2.48. The van der Waals surface area contributed by atoms with E-state index in [9.17, 15) is 0 Å². The van der Waals surface area contributed by atoms with Gasteiger partial charge in [-0.1, -0.05) is 25.1 Å². The molecule has 0 bridgehead atoms. The van der Waals surface area contributed by atoms with Gasteiger partial charge in [-0.05, 0) is 13.1 Å². The second kappa shape index (κ2) is 7.62. The van der Waals surface area contributed by atoms with Crippen molar-refractivity contribution in [3.63, 3.8) is 0 Å². The Bertz CT molecular complexity index is 402. The van der Waals surface area contributed by atoms with E-state index in [1.54, 1.807) is 0 Å². The molecule has 0 aliphatic carbocycles. The number of nitrogens with two attached hydrogens (primary N) is 1. The fraction of sp³-hybridized carbons (Fsp3) is 0.625. The van der Waals surface area contributed by atoms with Crippen LogP contribution in [0.25, 0.3) is 0 Å². The van der Waals surface area contributed by atoms with Gasteiger partial charge in [0.1, 0.15) is 5.75 Å². The van der Waals surface area contributed by atoms with Crippen LogP contribution in [0.5, 0.6) is 5.75 Å². The summed E-state index contributed by atoms with van der Waals surface area (Å²) >= 11 is 0. The minimum Gasteiger partial charge on any atom is -0.493 e. The van der Waals surface area contributed by atoms with Gasteiger partial charge in [0, 0.05) is 50.7 Å². The third-order valence-corrected chi connectivity index (χ3v) is 3.88. The first-order valence-corrected chi connectivity index (χ1v) is 7.50. The molecule has 1 heterocycles. The summed E-state index contributed by atoms with van der Waals surface area (Å²) in [6, 6.07) is 8.04. The molecule has 0 spiro atoms. The number of para-hydroxylation sites is 1. The summed E-state index contributed by atoms with van der Waals surface area (Å²) in [5.74, 6) is 1.46. The van der Waals surface area contributed by atoms with Crippen LogP contribution in [0.2, 0.25) is 0 Å². The molecule has 1 aromatic rings. The van der Waals surface area contributed by atoms with Gasteiger partial charge in [0.05, 0.1) is 6.61 Å². The smallest absolute Gasteiger partial charge is 0.123 e. The Balaban J connectivity index is 1.76. The van der Waals surface area contributed by atoms with Crippen LogP contribution < -0.4 is 10.5 Å². The van der Waals surface area contributed by atoms with Crippen LogP contribution in [-0.4, -0.2) is 56.2 Å². The first-order valence-electron chi connectivity index (χ1n) is 7.50. The number of likely N-dealkylation sites (N-methyl/N-ethyl adjacent to an activating group) is 1. The minimum atomic E-state index is 0.531. The van der Waals surface area contributed by atoms with Gasteiger partial charge in [0.15, 0.2) is 0 Å². The van der Waals surface area contributed by atoms with Crippen LogP contribution in [0.3, 0.4) is 0 Å². The average molecular weight is 277 g/mol. The lowest BCUT2D eigenvalue weighted by Gasteiger charge is -2.33. The second-order valence-electron chi connectivity index (χ2n) is 5.83. The van der Waals surface area contributed by atoms with Crippen molar-refractivity contribution >= 4 is 0 Å². The lowest BCUT2D eigenvalue weighted by Crippen LogP contribution is -2.46. The summed E-state index contributed by atoms with van der Waals surface area (Å²) in [7, 11) is 2.19. The Morgan fingerprint density at radius 2 is 1.90 bits per heavy atom. The van der Waals surface area contributed by atoms with Crippen LogP contribution in [0.1, 0.15) is 12.5 Å². The van der Waals surface area contributed by atoms with Gasteiger partial charge in [-0.3, -0.25) is 0 Å². The highest BCUT2D eigenvalue weighted by Gasteiger charge is 2.16. The largest absolute Gasteiger partial charge is 0.493 e. The molecular weight excluding hydrogens is 250 g/mol. The predicted octanol–water partition coefficient (Wildman–Crippen LogP) is 1.41. The molecular formula is C16H27N3O. The Hall–Kier alpha value is -1.10. The maximum atomic E-state index is 5.94. The number of nitrogens with zero attached hydrogens (tertiary/aromatic N) is 2. The van der Waals surface area contributed by atoms with Crippen LogP contribution in [0, 0.1) is 5.92 Å². The molecule has 1 aromatic carbocycles. The molecule has 20 heavy (non-hydrogen) atoms. The van der Waals surface area contributed by atoms with Gasteiger partial charge in [-0.15, -0.1) is 0 Å². The molecule has 1 unspecified atom stereocenters. The molecule has 2 N–H and O–H groups in total. The summed E-state index contributed by atoms with van der Waals surface area (Å²) in [6.45, 7) is 9.32. The van der Waals surface area contributed by atoms with Crippen molar-refractivity contribution in [2.45, 2.75) is 13.5 Å². The normalized spacial score (nSPS) is 18.9. The molecule has 1 aliphatic rings. The maximum Gasteiger partial charge on any atom is 0.123 e. The zero-order chi connectivity index (χ0) is 14.4. The highest BCUT2D eigenvalue weighted by Crippen LogP contribution is 2.18. The van der Waals surface area contributed by atoms with E-state index in [2.05, 4.69) is 23.8 Å². The lowest BCUT2D eigenvalue weighted by molar-refractivity contribution is 0.123. The van der Waals surface area contributed by atoms with E-state index in [4.69, 9.17) is 10.5 Å². The summed E-state index contributed by atoms with van der Waals surface area (Å²) in [5, 5.41) is 0. The first-order chi connectivity index (χ1) is 9.69. The van der Waals surface area contributed by atoms with Gasteiger partial charge in [0.25, 0.3) is 0 Å². The van der Waals surface area contributed by atoms with Crippen LogP contribution in [0.15, 0.2) is 24.3 Å². The van der Waals surface area contributed by atoms with Crippen molar-refractivity contribution in [2.75, 3.05) is 46.4 Å². The molecule has 4 nitrogen and oxygen atoms in total. The lowest BCUT2D eigenvalue weighted by atomic mass is 10.1. The van der Waals surface area contributed by atoms with E-state index in [0.29, 0.717) is 12.5 Å². The Kier molecular flexibility index (Phi) is 5.83. The molecule has 4 heteroatoms. The van der Waals surface area contributed by atoms with Gasteiger partial charge in [-0.2, -0.15) is 0 Å². The van der Waals surface area contributed by atoms with Crippen LogP contribution in [0.4, 0.5) is 0 Å². The molecule has 1 atom stereocenters. The number of piperazine rings is 1. The molecule has 1 aliphatic heterocycles. The van der Waals surface area contributed by atoms with Crippen LogP contribution in [-0.2, 0) is 6.54 Å². The zero-order valence-corrected chi connectivity index (χ0v) is 12.7. The van der Waals surface area contributed by atoms with Crippen molar-refractivity contribution in [3.8, 4) is 5.75 Å². The van der Waals surface area contributed by atoms with E-state index < -0.39 is 0 Å². The number of hydrogen-bond donors (Lipinski definition) is 1. The third kappa shape index (κ3) is 4.47. The molecule has 0 aromatic heterocycles. The van der Waals surface area contributed by atoms with Crippen molar-refractivity contribution in [1.29, 1.82) is 0 Å². The Labute approximate surface area is 122 Å². The molecule has 1 fully saturated rings. The van der Waals surface area contributed by atoms with Gasteiger partial charge in [0.2, 0.25) is 0 Å². The molecule has 2 rings (SSSR count). The predicted molar refractivity (Wildman–Crippen MR) is 82.9 cm³/mol. The van der Waals surface area contributed by atoms with Crippen molar-refractivity contribution in [1.82, 2.24) is 9.80 Å². The van der Waals surface area contributed by atoms with Crippen molar-refractivity contribution < 1.29 is 4.74 Å². The number of rotatable bonds is 6. The summed E-state index contributed by atoms with van der Waals surface area (Å²) in [6.07, 6.45) is 0. The maximum absolute atomic E-state index is 5.94. The molecule has 0 amide bonds. The summed E-state index contributed by atoms with van der Waals surface area (Å²) in [4.78, 5) is 4.91. The minimum absolute atomic E-state index is 0.531. The number of hydrogen-bond acceptors (Lipinski definition) is 4. The fourth-order valence-electron chi connectivity index (χ4n) is 2.57. The summed E-state index contributed by atoms with van der Waals surface area (Å²) in [5.41, 5.74) is 6.81. The molecule has 0 radical (unpaired) electrons. The number of benzene rings is 1. The van der Waals surface area contributed by atoms with E-state index in [0.717, 1.165) is 24.5 Å². The summed E-state index contributed by atoms with van der Waals surface area (Å²) < 4.78 is 5.94. The molecule has 0 saturated carbocycles. The SMILES string of the molecule is CC(COc1ccccc1CN)CN1CCN(C)CC1. The highest BCUT2D eigenvalue weighted by molar-refractivity contribution is 5.32.